The molecule has 1 amide bonds. The highest BCUT2D eigenvalue weighted by atomic mass is 32.1. The number of nitrogens with zero attached hydrogens (tertiary/aromatic N) is 1. The van der Waals surface area contributed by atoms with Crippen molar-refractivity contribution in [2.45, 2.75) is 20.1 Å². The van der Waals surface area contributed by atoms with Crippen molar-refractivity contribution in [3.05, 3.63) is 15.6 Å². The van der Waals surface area contributed by atoms with Gasteiger partial charge in [-0.05, 0) is 6.92 Å². The molecular weight excluding hydrogens is 188 g/mol. The lowest BCUT2D eigenvalue weighted by Crippen LogP contribution is -2.09. The van der Waals surface area contributed by atoms with E-state index in [0.29, 0.717) is 19.6 Å². The average molecular weight is 200 g/mol. The molecule has 0 spiro atoms. The maximum atomic E-state index is 10.0. The molecule has 1 aromatic rings. The van der Waals surface area contributed by atoms with E-state index in [1.807, 2.05) is 6.92 Å². The molecule has 0 fully saturated rings. The van der Waals surface area contributed by atoms with Crippen molar-refractivity contribution in [3.63, 3.8) is 0 Å². The van der Waals surface area contributed by atoms with Gasteiger partial charge in [-0.3, -0.25) is 4.79 Å². The summed E-state index contributed by atoms with van der Waals surface area (Å²) in [5.41, 5.74) is 0.981. The summed E-state index contributed by atoms with van der Waals surface area (Å²) in [4.78, 5) is 15.4. The molecule has 1 rings (SSSR count). The van der Waals surface area contributed by atoms with Crippen LogP contribution in [0, 0.1) is 6.92 Å². The standard InChI is InChI=1S/C8H12N2O2S/c1-6-7(4-12-2)13-8(10-6)3-9-5-11/h5H,3-4H2,1-2H3,(H,9,11). The Bertz CT molecular complexity index is 286. The highest BCUT2D eigenvalue weighted by Gasteiger charge is 2.05. The fourth-order valence-corrected chi connectivity index (χ4v) is 1.95. The van der Waals surface area contributed by atoms with Crippen molar-refractivity contribution in [1.29, 1.82) is 0 Å². The SMILES string of the molecule is COCc1sc(CNC=O)nc1C. The predicted octanol–water partition coefficient (Wildman–Crippen LogP) is 0.844. The first-order valence-electron chi connectivity index (χ1n) is 3.89. The zero-order chi connectivity index (χ0) is 9.68. The molecule has 0 saturated heterocycles. The smallest absolute Gasteiger partial charge is 0.207 e. The number of thiazole rings is 1. The zero-order valence-corrected chi connectivity index (χ0v) is 8.48. The van der Waals surface area contributed by atoms with E-state index in [9.17, 15) is 4.79 Å². The lowest BCUT2D eigenvalue weighted by molar-refractivity contribution is -0.109. The Morgan fingerprint density at radius 2 is 2.46 bits per heavy atom. The van der Waals surface area contributed by atoms with Gasteiger partial charge in [-0.25, -0.2) is 4.98 Å². The van der Waals surface area contributed by atoms with Gasteiger partial charge in [0.25, 0.3) is 0 Å². The number of hydrogen-bond acceptors (Lipinski definition) is 4. The Labute approximate surface area is 80.9 Å². The van der Waals surface area contributed by atoms with Crippen LogP contribution in [0.5, 0.6) is 0 Å². The summed E-state index contributed by atoms with van der Waals surface area (Å²) in [5, 5.41) is 3.49. The quantitative estimate of drug-likeness (QED) is 0.717. The molecule has 0 aromatic carbocycles. The minimum absolute atomic E-state index is 0.499. The first-order valence-corrected chi connectivity index (χ1v) is 4.70. The summed E-state index contributed by atoms with van der Waals surface area (Å²) in [7, 11) is 1.66. The summed E-state index contributed by atoms with van der Waals surface area (Å²) < 4.78 is 5.01. The van der Waals surface area contributed by atoms with Gasteiger partial charge >= 0.3 is 0 Å². The van der Waals surface area contributed by atoms with Gasteiger partial charge in [0.2, 0.25) is 6.41 Å². The second kappa shape index (κ2) is 4.94. The number of amides is 1. The normalized spacial score (nSPS) is 10.0. The van der Waals surface area contributed by atoms with E-state index in [-0.39, 0.29) is 0 Å². The molecular formula is C8H12N2O2S. The first-order chi connectivity index (χ1) is 6.27. The molecule has 13 heavy (non-hydrogen) atoms. The summed E-state index contributed by atoms with van der Waals surface area (Å²) in [6, 6.07) is 0. The Morgan fingerprint density at radius 1 is 1.69 bits per heavy atom. The maximum absolute atomic E-state index is 10.0. The molecule has 0 unspecified atom stereocenters. The van der Waals surface area contributed by atoms with Crippen LogP contribution in [-0.2, 0) is 22.7 Å². The predicted molar refractivity (Wildman–Crippen MR) is 50.5 cm³/mol. The zero-order valence-electron chi connectivity index (χ0n) is 7.66. The van der Waals surface area contributed by atoms with Crippen LogP contribution in [0.4, 0.5) is 0 Å². The highest BCUT2D eigenvalue weighted by molar-refractivity contribution is 7.11. The fraction of sp³-hybridized carbons (Fsp3) is 0.500. The van der Waals surface area contributed by atoms with Gasteiger partial charge in [0, 0.05) is 7.11 Å². The fourth-order valence-electron chi connectivity index (χ4n) is 0.958. The van der Waals surface area contributed by atoms with Crippen molar-refractivity contribution in [3.8, 4) is 0 Å². The van der Waals surface area contributed by atoms with Crippen LogP contribution in [0.3, 0.4) is 0 Å². The number of hydrogen-bond donors (Lipinski definition) is 1. The second-order valence-electron chi connectivity index (χ2n) is 2.55. The molecule has 1 N–H and O–H groups in total. The van der Waals surface area contributed by atoms with Gasteiger partial charge in [0.1, 0.15) is 5.01 Å². The molecule has 1 aromatic heterocycles. The number of aromatic nitrogens is 1. The number of carbonyl (C=O) groups is 1. The monoisotopic (exact) mass is 200 g/mol. The highest BCUT2D eigenvalue weighted by Crippen LogP contribution is 2.18. The van der Waals surface area contributed by atoms with Crippen LogP contribution < -0.4 is 5.32 Å². The van der Waals surface area contributed by atoms with Crippen molar-refractivity contribution >= 4 is 17.7 Å². The number of methoxy groups -OCH3 is 1. The van der Waals surface area contributed by atoms with Crippen molar-refractivity contribution < 1.29 is 9.53 Å². The molecule has 1 heterocycles. The van der Waals surface area contributed by atoms with Gasteiger partial charge in [-0.1, -0.05) is 0 Å². The number of carbonyl (C=O) groups excluding carboxylic acids is 1. The molecule has 0 saturated carbocycles. The molecule has 0 aliphatic rings. The molecule has 0 atom stereocenters. The molecule has 4 nitrogen and oxygen atoms in total. The van der Waals surface area contributed by atoms with Crippen LogP contribution in [0.25, 0.3) is 0 Å². The molecule has 0 bridgehead atoms. The number of rotatable bonds is 5. The van der Waals surface area contributed by atoms with Crippen LogP contribution in [0.1, 0.15) is 15.6 Å². The Hall–Kier alpha value is -0.940. The lowest BCUT2D eigenvalue weighted by atomic mass is 10.4. The van der Waals surface area contributed by atoms with Gasteiger partial charge in [0.15, 0.2) is 0 Å². The Kier molecular flexibility index (Phi) is 3.85. The molecule has 0 aliphatic heterocycles. The van der Waals surface area contributed by atoms with E-state index in [2.05, 4.69) is 10.3 Å². The number of nitrogens with one attached hydrogen (secondary N) is 1. The van der Waals surface area contributed by atoms with E-state index >= 15 is 0 Å². The molecule has 0 radical (unpaired) electrons. The Balaban J connectivity index is 2.64. The van der Waals surface area contributed by atoms with E-state index < -0.39 is 0 Å². The minimum atomic E-state index is 0.499. The third kappa shape index (κ3) is 2.78. The molecule has 72 valence electrons. The van der Waals surface area contributed by atoms with Gasteiger partial charge in [-0.15, -0.1) is 11.3 Å². The van der Waals surface area contributed by atoms with Crippen molar-refractivity contribution in [1.82, 2.24) is 10.3 Å². The van der Waals surface area contributed by atoms with E-state index in [4.69, 9.17) is 4.74 Å². The topological polar surface area (TPSA) is 51.2 Å². The molecule has 0 aliphatic carbocycles. The minimum Gasteiger partial charge on any atom is -0.379 e. The van der Waals surface area contributed by atoms with Crippen LogP contribution in [0.15, 0.2) is 0 Å². The van der Waals surface area contributed by atoms with Crippen molar-refractivity contribution in [2.24, 2.45) is 0 Å². The van der Waals surface area contributed by atoms with Gasteiger partial charge < -0.3 is 10.1 Å². The third-order valence-corrected chi connectivity index (χ3v) is 2.68. The Morgan fingerprint density at radius 3 is 3.08 bits per heavy atom. The second-order valence-corrected chi connectivity index (χ2v) is 3.72. The number of aryl methyl sites for hydroxylation is 1. The molecule has 5 heteroatoms. The van der Waals surface area contributed by atoms with E-state index in [0.717, 1.165) is 15.6 Å². The van der Waals surface area contributed by atoms with Crippen LogP contribution in [0.2, 0.25) is 0 Å². The summed E-state index contributed by atoms with van der Waals surface area (Å²) >= 11 is 1.57. The van der Waals surface area contributed by atoms with Crippen LogP contribution >= 0.6 is 11.3 Å². The van der Waals surface area contributed by atoms with Crippen molar-refractivity contribution in [2.75, 3.05) is 7.11 Å². The first kappa shape index (κ1) is 10.1. The van der Waals surface area contributed by atoms with Crippen LogP contribution in [-0.4, -0.2) is 18.5 Å². The third-order valence-electron chi connectivity index (χ3n) is 1.55. The van der Waals surface area contributed by atoms with Gasteiger partial charge in [-0.2, -0.15) is 0 Å². The summed E-state index contributed by atoms with van der Waals surface area (Å²) in [6.07, 6.45) is 0.673. The van der Waals surface area contributed by atoms with E-state index in [1.54, 1.807) is 18.4 Å². The van der Waals surface area contributed by atoms with Gasteiger partial charge in [0.05, 0.1) is 23.7 Å². The number of ether oxygens (including phenoxy) is 1. The summed E-state index contributed by atoms with van der Waals surface area (Å²) in [6.45, 7) is 3.03. The average Bonchev–Trinajstić information content (AvgIpc) is 2.45. The van der Waals surface area contributed by atoms with E-state index in [1.165, 1.54) is 0 Å². The summed E-state index contributed by atoms with van der Waals surface area (Å²) in [5.74, 6) is 0. The largest absolute Gasteiger partial charge is 0.379 e. The maximum Gasteiger partial charge on any atom is 0.207 e. The lowest BCUT2D eigenvalue weighted by Gasteiger charge is -1.93.